The molecule has 0 spiro atoms. The number of primary amides is 1. The predicted molar refractivity (Wildman–Crippen MR) is 68.7 cm³/mol. The summed E-state index contributed by atoms with van der Waals surface area (Å²) in [5.74, 6) is -0.437. The molecule has 0 saturated heterocycles. The SMILES string of the molecule is CC(CO)C(C)Nc1cc(N)ccc1C(N)=O. The highest BCUT2D eigenvalue weighted by molar-refractivity contribution is 5.99. The second kappa shape index (κ2) is 5.54. The number of rotatable bonds is 5. The van der Waals surface area contributed by atoms with Gasteiger partial charge in [-0.05, 0) is 31.0 Å². The lowest BCUT2D eigenvalue weighted by molar-refractivity contribution is 0.100. The number of hydrogen-bond donors (Lipinski definition) is 4. The van der Waals surface area contributed by atoms with Gasteiger partial charge in [-0.2, -0.15) is 0 Å². The van der Waals surface area contributed by atoms with Crippen LogP contribution in [0, 0.1) is 5.92 Å². The van der Waals surface area contributed by atoms with Crippen LogP contribution >= 0.6 is 0 Å². The number of amides is 1. The summed E-state index contributed by atoms with van der Waals surface area (Å²) in [4.78, 5) is 11.2. The Labute approximate surface area is 101 Å². The number of hydrogen-bond acceptors (Lipinski definition) is 4. The lowest BCUT2D eigenvalue weighted by Gasteiger charge is -2.22. The second-order valence-corrected chi connectivity index (χ2v) is 4.26. The molecule has 2 unspecified atom stereocenters. The first-order valence-corrected chi connectivity index (χ1v) is 5.52. The Morgan fingerprint density at radius 2 is 2.12 bits per heavy atom. The third-order valence-corrected chi connectivity index (χ3v) is 2.83. The van der Waals surface area contributed by atoms with E-state index in [9.17, 15) is 4.79 Å². The minimum Gasteiger partial charge on any atom is -0.399 e. The van der Waals surface area contributed by atoms with Gasteiger partial charge in [0.2, 0.25) is 0 Å². The molecule has 1 aromatic carbocycles. The van der Waals surface area contributed by atoms with E-state index in [0.29, 0.717) is 16.9 Å². The Morgan fingerprint density at radius 3 is 2.65 bits per heavy atom. The van der Waals surface area contributed by atoms with E-state index < -0.39 is 5.91 Å². The standard InChI is InChI=1S/C12H19N3O2/c1-7(6-16)8(2)15-11-5-9(13)3-4-10(11)12(14)17/h3-5,7-8,15-16H,6,13H2,1-2H3,(H2,14,17). The molecule has 0 aliphatic heterocycles. The Hall–Kier alpha value is -1.75. The summed E-state index contributed by atoms with van der Waals surface area (Å²) in [6, 6.07) is 4.91. The fourth-order valence-electron chi connectivity index (χ4n) is 1.44. The molecule has 0 aliphatic carbocycles. The fourth-order valence-corrected chi connectivity index (χ4v) is 1.44. The maximum atomic E-state index is 11.2. The molecule has 0 radical (unpaired) electrons. The summed E-state index contributed by atoms with van der Waals surface area (Å²) in [7, 11) is 0. The van der Waals surface area contributed by atoms with Crippen molar-refractivity contribution in [3.05, 3.63) is 23.8 Å². The molecular formula is C12H19N3O2. The number of nitrogens with one attached hydrogen (secondary N) is 1. The Balaban J connectivity index is 2.96. The van der Waals surface area contributed by atoms with Gasteiger partial charge < -0.3 is 21.9 Å². The second-order valence-electron chi connectivity index (χ2n) is 4.26. The van der Waals surface area contributed by atoms with Crippen molar-refractivity contribution in [2.24, 2.45) is 11.7 Å². The number of carbonyl (C=O) groups is 1. The third-order valence-electron chi connectivity index (χ3n) is 2.83. The first kappa shape index (κ1) is 13.3. The van der Waals surface area contributed by atoms with Crippen LogP contribution in [-0.2, 0) is 0 Å². The van der Waals surface area contributed by atoms with Gasteiger partial charge in [0.1, 0.15) is 0 Å². The molecule has 5 heteroatoms. The van der Waals surface area contributed by atoms with Gasteiger partial charge in [-0.3, -0.25) is 4.79 Å². The minimum atomic E-state index is -0.503. The van der Waals surface area contributed by atoms with Crippen LogP contribution < -0.4 is 16.8 Å². The number of nitrogens with two attached hydrogens (primary N) is 2. The molecular weight excluding hydrogens is 218 g/mol. The molecule has 2 atom stereocenters. The number of aliphatic hydroxyl groups is 1. The van der Waals surface area contributed by atoms with Crippen molar-refractivity contribution in [3.63, 3.8) is 0 Å². The average molecular weight is 237 g/mol. The Kier molecular flexibility index (Phi) is 4.34. The van der Waals surface area contributed by atoms with Gasteiger partial charge in [0.25, 0.3) is 5.91 Å². The van der Waals surface area contributed by atoms with E-state index in [4.69, 9.17) is 16.6 Å². The van der Waals surface area contributed by atoms with E-state index in [1.54, 1.807) is 18.2 Å². The highest BCUT2D eigenvalue weighted by Gasteiger charge is 2.14. The third kappa shape index (κ3) is 3.35. The molecule has 1 aromatic rings. The quantitative estimate of drug-likeness (QED) is 0.569. The zero-order valence-corrected chi connectivity index (χ0v) is 10.1. The van der Waals surface area contributed by atoms with Gasteiger partial charge >= 0.3 is 0 Å². The monoisotopic (exact) mass is 237 g/mol. The van der Waals surface area contributed by atoms with Gasteiger partial charge in [0.05, 0.1) is 5.56 Å². The van der Waals surface area contributed by atoms with Crippen molar-refractivity contribution in [3.8, 4) is 0 Å². The van der Waals surface area contributed by atoms with Crippen molar-refractivity contribution >= 4 is 17.3 Å². The van der Waals surface area contributed by atoms with Crippen LogP contribution in [0.3, 0.4) is 0 Å². The molecule has 0 bridgehead atoms. The van der Waals surface area contributed by atoms with E-state index in [1.165, 1.54) is 0 Å². The van der Waals surface area contributed by atoms with Crippen molar-refractivity contribution in [2.75, 3.05) is 17.7 Å². The van der Waals surface area contributed by atoms with Crippen LogP contribution in [0.4, 0.5) is 11.4 Å². The van der Waals surface area contributed by atoms with Crippen molar-refractivity contribution in [2.45, 2.75) is 19.9 Å². The summed E-state index contributed by atoms with van der Waals surface area (Å²) in [6.07, 6.45) is 0. The summed E-state index contributed by atoms with van der Waals surface area (Å²) in [5.41, 5.74) is 12.5. The van der Waals surface area contributed by atoms with Crippen molar-refractivity contribution < 1.29 is 9.90 Å². The molecule has 0 heterocycles. The highest BCUT2D eigenvalue weighted by Crippen LogP contribution is 2.21. The zero-order valence-electron chi connectivity index (χ0n) is 10.1. The van der Waals surface area contributed by atoms with E-state index in [-0.39, 0.29) is 18.6 Å². The zero-order chi connectivity index (χ0) is 13.0. The molecule has 94 valence electrons. The number of aliphatic hydroxyl groups excluding tert-OH is 1. The van der Waals surface area contributed by atoms with Gasteiger partial charge in [-0.25, -0.2) is 0 Å². The summed E-state index contributed by atoms with van der Waals surface area (Å²) < 4.78 is 0. The maximum Gasteiger partial charge on any atom is 0.250 e. The minimum absolute atomic E-state index is 0.0138. The molecule has 0 saturated carbocycles. The van der Waals surface area contributed by atoms with E-state index in [2.05, 4.69) is 5.32 Å². The van der Waals surface area contributed by atoms with E-state index in [0.717, 1.165) is 0 Å². The van der Waals surface area contributed by atoms with Crippen LogP contribution in [0.15, 0.2) is 18.2 Å². The van der Waals surface area contributed by atoms with E-state index >= 15 is 0 Å². The molecule has 1 rings (SSSR count). The van der Waals surface area contributed by atoms with Crippen LogP contribution in [0.2, 0.25) is 0 Å². The van der Waals surface area contributed by atoms with Crippen LogP contribution in [0.5, 0.6) is 0 Å². The molecule has 0 aromatic heterocycles. The number of nitrogen functional groups attached to an aromatic ring is 1. The van der Waals surface area contributed by atoms with Gasteiger partial charge in [-0.15, -0.1) is 0 Å². The fraction of sp³-hybridized carbons (Fsp3) is 0.417. The average Bonchev–Trinajstić information content (AvgIpc) is 2.27. The first-order chi connectivity index (χ1) is 7.95. The van der Waals surface area contributed by atoms with Gasteiger partial charge in [0, 0.05) is 24.0 Å². The summed E-state index contributed by atoms with van der Waals surface area (Å²) >= 11 is 0. The van der Waals surface area contributed by atoms with Crippen LogP contribution in [0.25, 0.3) is 0 Å². The van der Waals surface area contributed by atoms with Gasteiger partial charge in [-0.1, -0.05) is 6.92 Å². The molecule has 5 nitrogen and oxygen atoms in total. The van der Waals surface area contributed by atoms with Crippen LogP contribution in [0.1, 0.15) is 24.2 Å². The molecule has 6 N–H and O–H groups in total. The van der Waals surface area contributed by atoms with Crippen LogP contribution in [-0.4, -0.2) is 23.7 Å². The van der Waals surface area contributed by atoms with Crippen molar-refractivity contribution in [1.29, 1.82) is 0 Å². The molecule has 0 fully saturated rings. The Morgan fingerprint density at radius 1 is 1.47 bits per heavy atom. The number of benzene rings is 1. The first-order valence-electron chi connectivity index (χ1n) is 5.52. The largest absolute Gasteiger partial charge is 0.399 e. The summed E-state index contributed by atoms with van der Waals surface area (Å²) in [6.45, 7) is 3.91. The maximum absolute atomic E-state index is 11.2. The lowest BCUT2D eigenvalue weighted by Crippen LogP contribution is -2.27. The number of carbonyl (C=O) groups excluding carboxylic acids is 1. The normalized spacial score (nSPS) is 14.1. The molecule has 1 amide bonds. The molecule has 17 heavy (non-hydrogen) atoms. The van der Waals surface area contributed by atoms with E-state index in [1.807, 2.05) is 13.8 Å². The lowest BCUT2D eigenvalue weighted by atomic mass is 10.0. The van der Waals surface area contributed by atoms with Gasteiger partial charge in [0.15, 0.2) is 0 Å². The predicted octanol–water partition coefficient (Wildman–Crippen LogP) is 0.796. The Bertz CT molecular complexity index is 407. The summed E-state index contributed by atoms with van der Waals surface area (Å²) in [5, 5.41) is 12.2. The number of anilines is 2. The molecule has 0 aliphatic rings. The van der Waals surface area contributed by atoms with Crippen molar-refractivity contribution in [1.82, 2.24) is 0 Å². The topological polar surface area (TPSA) is 101 Å². The highest BCUT2D eigenvalue weighted by atomic mass is 16.3. The smallest absolute Gasteiger partial charge is 0.250 e.